The van der Waals surface area contributed by atoms with Crippen molar-refractivity contribution >= 4 is 17.5 Å². The molecule has 0 saturated heterocycles. The number of oxime groups is 2. The molecule has 0 atom stereocenters. The molecule has 3 rings (SSSR count). The van der Waals surface area contributed by atoms with Crippen molar-refractivity contribution in [1.29, 1.82) is 0 Å². The second-order valence-corrected chi connectivity index (χ2v) is 7.35. The minimum Gasteiger partial charge on any atom is -0.432 e. The highest BCUT2D eigenvalue weighted by molar-refractivity contribution is 6.03. The largest absolute Gasteiger partial charge is 0.432 e. The zero-order valence-electron chi connectivity index (χ0n) is 19.5. The Bertz CT molecular complexity index is 1160. The van der Waals surface area contributed by atoms with Crippen LogP contribution in [-0.2, 0) is 16.3 Å². The highest BCUT2D eigenvalue weighted by Crippen LogP contribution is 2.19. The van der Waals surface area contributed by atoms with Crippen LogP contribution in [0.15, 0.2) is 95.2 Å². The monoisotopic (exact) mass is 461 g/mol. The van der Waals surface area contributed by atoms with Crippen LogP contribution in [0.25, 0.3) is 6.08 Å². The SMILES string of the molecule is CNC/C(=N/OC)c1ccccc1CO/N=C(\C)c1cccc(O/C(F)=C\c2ccccc2)c1. The first-order valence-electron chi connectivity index (χ1n) is 10.8. The lowest BCUT2D eigenvalue weighted by Crippen LogP contribution is -2.21. The lowest BCUT2D eigenvalue weighted by molar-refractivity contribution is 0.130. The summed E-state index contributed by atoms with van der Waals surface area (Å²) in [5.41, 5.74) is 4.72. The van der Waals surface area contributed by atoms with Gasteiger partial charge < -0.3 is 19.7 Å². The van der Waals surface area contributed by atoms with Crippen LogP contribution in [0.3, 0.4) is 0 Å². The van der Waals surface area contributed by atoms with Crippen molar-refractivity contribution in [2.45, 2.75) is 13.5 Å². The predicted octanol–water partition coefficient (Wildman–Crippen LogP) is 5.54. The van der Waals surface area contributed by atoms with Gasteiger partial charge in [0, 0.05) is 29.3 Å². The minimum absolute atomic E-state index is 0.255. The molecule has 176 valence electrons. The summed E-state index contributed by atoms with van der Waals surface area (Å²) < 4.78 is 19.6. The highest BCUT2D eigenvalue weighted by Gasteiger charge is 2.10. The molecule has 0 bridgehead atoms. The van der Waals surface area contributed by atoms with Crippen LogP contribution in [0, 0.1) is 0 Å². The molecule has 0 radical (unpaired) electrons. The second kappa shape index (κ2) is 12.9. The van der Waals surface area contributed by atoms with Gasteiger partial charge in [-0.05, 0) is 31.7 Å². The van der Waals surface area contributed by atoms with Gasteiger partial charge in [-0.25, -0.2) is 0 Å². The maximum Gasteiger partial charge on any atom is 0.278 e. The van der Waals surface area contributed by atoms with Crippen molar-refractivity contribution in [2.75, 3.05) is 20.7 Å². The van der Waals surface area contributed by atoms with Crippen molar-refractivity contribution < 1.29 is 18.8 Å². The lowest BCUT2D eigenvalue weighted by atomic mass is 10.0. The van der Waals surface area contributed by atoms with Gasteiger partial charge in [0.15, 0.2) is 0 Å². The van der Waals surface area contributed by atoms with Crippen LogP contribution < -0.4 is 10.1 Å². The Morgan fingerprint density at radius 1 is 0.971 bits per heavy atom. The van der Waals surface area contributed by atoms with Crippen LogP contribution in [0.2, 0.25) is 0 Å². The fourth-order valence-corrected chi connectivity index (χ4v) is 3.24. The zero-order chi connectivity index (χ0) is 24.2. The van der Waals surface area contributed by atoms with Crippen LogP contribution >= 0.6 is 0 Å². The normalized spacial score (nSPS) is 12.4. The molecule has 6 nitrogen and oxygen atoms in total. The smallest absolute Gasteiger partial charge is 0.278 e. The molecule has 0 aliphatic carbocycles. The maximum atomic E-state index is 14.3. The van der Waals surface area contributed by atoms with Crippen molar-refractivity contribution in [3.05, 3.63) is 107 Å². The molecule has 0 aliphatic heterocycles. The molecule has 7 heteroatoms. The average Bonchev–Trinajstić information content (AvgIpc) is 2.85. The first-order valence-corrected chi connectivity index (χ1v) is 10.8. The minimum atomic E-state index is -0.694. The molecule has 0 heterocycles. The molecule has 3 aromatic rings. The average molecular weight is 462 g/mol. The zero-order valence-corrected chi connectivity index (χ0v) is 19.5. The third-order valence-electron chi connectivity index (χ3n) is 4.84. The van der Waals surface area contributed by atoms with Crippen molar-refractivity contribution in [3.63, 3.8) is 0 Å². The molecule has 3 aromatic carbocycles. The Hall–Kier alpha value is -3.97. The van der Waals surface area contributed by atoms with E-state index in [0.717, 1.165) is 28.0 Å². The Kier molecular flexibility index (Phi) is 9.37. The van der Waals surface area contributed by atoms with E-state index in [-0.39, 0.29) is 6.61 Å². The topological polar surface area (TPSA) is 64.4 Å². The van der Waals surface area contributed by atoms with Crippen molar-refractivity contribution in [1.82, 2.24) is 5.32 Å². The first-order chi connectivity index (χ1) is 16.6. The van der Waals surface area contributed by atoms with E-state index in [9.17, 15) is 4.39 Å². The number of rotatable bonds is 11. The molecule has 0 spiro atoms. The van der Waals surface area contributed by atoms with Gasteiger partial charge in [0.25, 0.3) is 6.01 Å². The Labute approximate surface area is 199 Å². The Balaban J connectivity index is 1.68. The third kappa shape index (κ3) is 7.28. The molecule has 0 amide bonds. The summed E-state index contributed by atoms with van der Waals surface area (Å²) in [5, 5.41) is 11.4. The quantitative estimate of drug-likeness (QED) is 0.231. The number of hydrogen-bond donors (Lipinski definition) is 1. The molecule has 0 fully saturated rings. The lowest BCUT2D eigenvalue weighted by Gasteiger charge is -2.11. The standard InChI is InChI=1S/C27H28FN3O3/c1-20(30-33-19-23-12-7-8-15-25(23)26(18-29-2)31-32-3)22-13-9-14-24(17-22)34-27(28)16-21-10-5-4-6-11-21/h4-17,29H,18-19H2,1-3H3/b27-16-,30-20+,31-26-. The number of ether oxygens (including phenoxy) is 1. The molecule has 0 saturated carbocycles. The number of likely N-dealkylation sites (N-methyl/N-ethyl adjacent to an activating group) is 1. The molecule has 0 aromatic heterocycles. The second-order valence-electron chi connectivity index (χ2n) is 7.35. The first kappa shape index (κ1) is 24.7. The fraction of sp³-hybridized carbons (Fsp3) is 0.185. The molecule has 34 heavy (non-hydrogen) atoms. The fourth-order valence-electron chi connectivity index (χ4n) is 3.24. The Morgan fingerprint density at radius 3 is 2.50 bits per heavy atom. The van der Waals surface area contributed by atoms with E-state index in [2.05, 4.69) is 15.6 Å². The van der Waals surface area contributed by atoms with Crippen molar-refractivity contribution in [2.24, 2.45) is 10.3 Å². The van der Waals surface area contributed by atoms with Gasteiger partial charge in [0.1, 0.15) is 25.2 Å². The maximum absolute atomic E-state index is 14.3. The van der Waals surface area contributed by atoms with Gasteiger partial charge in [0.2, 0.25) is 0 Å². The van der Waals surface area contributed by atoms with Gasteiger partial charge in [0.05, 0.1) is 5.71 Å². The number of halogens is 1. The van der Waals surface area contributed by atoms with Gasteiger partial charge in [-0.1, -0.05) is 77.0 Å². The summed E-state index contributed by atoms with van der Waals surface area (Å²) in [5.74, 6) is 0.370. The molecule has 0 aliphatic rings. The molecule has 0 unspecified atom stereocenters. The molecular formula is C27H28FN3O3. The number of nitrogens with zero attached hydrogens (tertiary/aromatic N) is 2. The van der Waals surface area contributed by atoms with Gasteiger partial charge in [-0.3, -0.25) is 0 Å². The van der Waals surface area contributed by atoms with Crippen LogP contribution in [0.4, 0.5) is 4.39 Å². The van der Waals surface area contributed by atoms with Gasteiger partial charge in [-0.2, -0.15) is 4.39 Å². The summed E-state index contributed by atoms with van der Waals surface area (Å²) in [6.07, 6.45) is 1.34. The van der Waals surface area contributed by atoms with Crippen LogP contribution in [-0.4, -0.2) is 32.1 Å². The summed E-state index contributed by atoms with van der Waals surface area (Å²) in [6.45, 7) is 2.62. The van der Waals surface area contributed by atoms with E-state index < -0.39 is 6.01 Å². The van der Waals surface area contributed by atoms with E-state index in [0.29, 0.717) is 18.0 Å². The summed E-state index contributed by atoms with van der Waals surface area (Å²) in [7, 11) is 3.36. The van der Waals surface area contributed by atoms with Crippen LogP contribution in [0.5, 0.6) is 5.75 Å². The number of hydrogen-bond acceptors (Lipinski definition) is 6. The summed E-state index contributed by atoms with van der Waals surface area (Å²) >= 11 is 0. The van der Waals surface area contributed by atoms with E-state index in [4.69, 9.17) is 14.4 Å². The van der Waals surface area contributed by atoms with E-state index in [1.165, 1.54) is 13.2 Å². The predicted molar refractivity (Wildman–Crippen MR) is 134 cm³/mol. The summed E-state index contributed by atoms with van der Waals surface area (Å²) in [6, 6.07) is 23.3. The summed E-state index contributed by atoms with van der Waals surface area (Å²) in [4.78, 5) is 10.6. The van der Waals surface area contributed by atoms with Gasteiger partial charge >= 0.3 is 0 Å². The molecular weight excluding hydrogens is 433 g/mol. The molecule has 1 N–H and O–H groups in total. The number of benzene rings is 3. The van der Waals surface area contributed by atoms with E-state index in [1.54, 1.807) is 30.3 Å². The van der Waals surface area contributed by atoms with E-state index >= 15 is 0 Å². The van der Waals surface area contributed by atoms with Crippen LogP contribution in [0.1, 0.15) is 29.2 Å². The highest BCUT2D eigenvalue weighted by atomic mass is 19.1. The number of nitrogens with one attached hydrogen (secondary N) is 1. The third-order valence-corrected chi connectivity index (χ3v) is 4.84. The van der Waals surface area contributed by atoms with Crippen molar-refractivity contribution in [3.8, 4) is 5.75 Å². The van der Waals surface area contributed by atoms with Gasteiger partial charge in [-0.15, -0.1) is 0 Å². The Morgan fingerprint density at radius 2 is 1.74 bits per heavy atom. The van der Waals surface area contributed by atoms with E-state index in [1.807, 2.05) is 62.5 Å².